The van der Waals surface area contributed by atoms with E-state index in [1.54, 1.807) is 6.92 Å². The van der Waals surface area contributed by atoms with Crippen LogP contribution in [-0.2, 0) is 4.74 Å². The largest absolute Gasteiger partial charge is 0.393 e. The molecule has 0 saturated heterocycles. The zero-order valence-corrected chi connectivity index (χ0v) is 18.9. The molecule has 8 heteroatoms. The number of aliphatic hydroxyl groups excluding tert-OH is 1. The second kappa shape index (κ2) is 12.0. The molecule has 0 amide bonds. The van der Waals surface area contributed by atoms with E-state index in [0.717, 1.165) is 35.7 Å². The number of likely N-dealkylation sites (N-methyl/N-ethyl adjacent to an activating group) is 1. The molecular weight excluding hydrogens is 410 g/mol. The van der Waals surface area contributed by atoms with Gasteiger partial charge in [0.25, 0.3) is 0 Å². The Kier molecular flexibility index (Phi) is 9.36. The van der Waals surface area contributed by atoms with Crippen LogP contribution in [0.25, 0.3) is 6.08 Å². The molecule has 0 saturated carbocycles. The predicted octanol–water partition coefficient (Wildman–Crippen LogP) is 5.47. The third-order valence-electron chi connectivity index (χ3n) is 4.71. The lowest BCUT2D eigenvalue weighted by Gasteiger charge is -2.23. The van der Waals surface area contributed by atoms with Crippen molar-refractivity contribution in [3.05, 3.63) is 46.3 Å². The highest BCUT2D eigenvalue weighted by molar-refractivity contribution is 7.16. The van der Waals surface area contributed by atoms with Crippen molar-refractivity contribution in [3.63, 3.8) is 0 Å². The van der Waals surface area contributed by atoms with E-state index in [9.17, 15) is 15.6 Å². The number of benzene rings is 1. The van der Waals surface area contributed by atoms with Gasteiger partial charge in [-0.15, -0.1) is 21.6 Å². The molecule has 2 rings (SSSR count). The highest BCUT2D eigenvalue weighted by atomic mass is 32.1. The van der Waals surface area contributed by atoms with Crippen molar-refractivity contribution in [1.29, 1.82) is 10.5 Å². The highest BCUT2D eigenvalue weighted by Crippen LogP contribution is 2.37. The Balaban J connectivity index is 2.12. The SMILES string of the molecule is C=Cc1c(C#N)sc(N=Nc2ccc(N(CC)CCOCCC(C)O)cc2C)c1C#N. The van der Waals surface area contributed by atoms with Crippen molar-refractivity contribution in [1.82, 2.24) is 0 Å². The van der Waals surface area contributed by atoms with Gasteiger partial charge in [0.15, 0.2) is 5.00 Å². The Morgan fingerprint density at radius 3 is 2.65 bits per heavy atom. The van der Waals surface area contributed by atoms with Crippen LogP contribution in [0.15, 0.2) is 35.0 Å². The van der Waals surface area contributed by atoms with Gasteiger partial charge in [-0.1, -0.05) is 12.7 Å². The molecular formula is C23H27N5O2S. The van der Waals surface area contributed by atoms with Crippen LogP contribution in [0.1, 0.15) is 41.8 Å². The minimum atomic E-state index is -0.347. The molecule has 1 N–H and O–H groups in total. The number of aryl methyl sites for hydroxylation is 1. The summed E-state index contributed by atoms with van der Waals surface area (Å²) in [6, 6.07) is 10.1. The molecule has 0 fully saturated rings. The van der Waals surface area contributed by atoms with Crippen molar-refractivity contribution >= 4 is 33.8 Å². The first-order chi connectivity index (χ1) is 14.9. The van der Waals surface area contributed by atoms with E-state index in [4.69, 9.17) is 4.74 Å². The lowest BCUT2D eigenvalue weighted by Crippen LogP contribution is -2.27. The quantitative estimate of drug-likeness (QED) is 0.370. The van der Waals surface area contributed by atoms with E-state index in [0.29, 0.717) is 46.3 Å². The lowest BCUT2D eigenvalue weighted by atomic mass is 10.1. The van der Waals surface area contributed by atoms with Gasteiger partial charge in [0, 0.05) is 30.9 Å². The summed E-state index contributed by atoms with van der Waals surface area (Å²) >= 11 is 1.13. The number of ether oxygens (including phenoxy) is 1. The fraction of sp³-hybridized carbons (Fsp3) is 0.391. The van der Waals surface area contributed by atoms with E-state index < -0.39 is 0 Å². The molecule has 2 aromatic rings. The minimum absolute atomic E-state index is 0.322. The topological polar surface area (TPSA) is 105 Å². The fourth-order valence-electron chi connectivity index (χ4n) is 2.94. The van der Waals surface area contributed by atoms with Crippen LogP contribution < -0.4 is 4.90 Å². The fourth-order valence-corrected chi connectivity index (χ4v) is 3.81. The summed E-state index contributed by atoms with van der Waals surface area (Å²) in [6.07, 6.45) is 1.78. The number of rotatable bonds is 11. The van der Waals surface area contributed by atoms with Crippen LogP contribution in [0.5, 0.6) is 0 Å². The highest BCUT2D eigenvalue weighted by Gasteiger charge is 2.16. The van der Waals surface area contributed by atoms with Gasteiger partial charge in [0.2, 0.25) is 0 Å². The molecule has 0 aliphatic heterocycles. The Morgan fingerprint density at radius 2 is 2.06 bits per heavy atom. The lowest BCUT2D eigenvalue weighted by molar-refractivity contribution is 0.0929. The zero-order chi connectivity index (χ0) is 22.8. The van der Waals surface area contributed by atoms with E-state index in [-0.39, 0.29) is 6.10 Å². The smallest absolute Gasteiger partial charge is 0.158 e. The summed E-state index contributed by atoms with van der Waals surface area (Å²) in [4.78, 5) is 2.61. The Labute approximate surface area is 187 Å². The predicted molar refractivity (Wildman–Crippen MR) is 124 cm³/mol. The average molecular weight is 438 g/mol. The molecule has 7 nitrogen and oxygen atoms in total. The van der Waals surface area contributed by atoms with Crippen LogP contribution in [-0.4, -0.2) is 37.5 Å². The third kappa shape index (κ3) is 6.47. The Bertz CT molecular complexity index is 1010. The summed E-state index contributed by atoms with van der Waals surface area (Å²) < 4.78 is 5.60. The number of hydrogen-bond acceptors (Lipinski definition) is 8. The van der Waals surface area contributed by atoms with Gasteiger partial charge in [-0.05, 0) is 51.0 Å². The average Bonchev–Trinajstić information content (AvgIpc) is 3.11. The van der Waals surface area contributed by atoms with E-state index >= 15 is 0 Å². The minimum Gasteiger partial charge on any atom is -0.393 e. The molecule has 0 spiro atoms. The van der Waals surface area contributed by atoms with Crippen molar-refractivity contribution in [3.8, 4) is 12.1 Å². The summed E-state index contributed by atoms with van der Waals surface area (Å²) in [5.41, 5.74) is 3.54. The number of nitriles is 2. The van der Waals surface area contributed by atoms with Gasteiger partial charge >= 0.3 is 0 Å². The third-order valence-corrected chi connectivity index (χ3v) is 5.70. The van der Waals surface area contributed by atoms with Crippen molar-refractivity contribution in [2.75, 3.05) is 31.2 Å². The Hall–Kier alpha value is -3.04. The van der Waals surface area contributed by atoms with Gasteiger partial charge in [-0.2, -0.15) is 10.5 Å². The van der Waals surface area contributed by atoms with E-state index in [2.05, 4.69) is 40.8 Å². The molecule has 31 heavy (non-hydrogen) atoms. The first-order valence-electron chi connectivity index (χ1n) is 10.1. The molecule has 0 aliphatic carbocycles. The standard InChI is InChI=1S/C23H27N5O2S/c1-5-19-20(14-24)23(31-22(19)15-25)27-26-21-8-7-18(13-16(21)3)28(6-2)10-12-30-11-9-17(4)29/h5,7-8,13,17,29H,1,6,9-12H2,2-4H3. The van der Waals surface area contributed by atoms with Crippen LogP contribution in [0, 0.1) is 29.6 Å². The maximum atomic E-state index is 9.42. The summed E-state index contributed by atoms with van der Waals surface area (Å²) in [5, 5.41) is 36.9. The summed E-state index contributed by atoms with van der Waals surface area (Å²) in [7, 11) is 0. The van der Waals surface area contributed by atoms with Crippen molar-refractivity contribution in [2.45, 2.75) is 33.3 Å². The first-order valence-corrected chi connectivity index (χ1v) is 10.9. The normalized spacial score (nSPS) is 11.8. The number of anilines is 1. The van der Waals surface area contributed by atoms with Crippen molar-refractivity contribution < 1.29 is 9.84 Å². The van der Waals surface area contributed by atoms with Crippen LogP contribution in [0.3, 0.4) is 0 Å². The molecule has 1 atom stereocenters. The number of nitrogens with zero attached hydrogens (tertiary/aromatic N) is 5. The molecule has 1 aromatic heterocycles. The van der Waals surface area contributed by atoms with Gasteiger partial charge in [-0.3, -0.25) is 0 Å². The maximum absolute atomic E-state index is 9.42. The summed E-state index contributed by atoms with van der Waals surface area (Å²) in [6.45, 7) is 12.2. The van der Waals surface area contributed by atoms with E-state index in [1.165, 1.54) is 6.08 Å². The number of aliphatic hydroxyl groups is 1. The molecule has 1 heterocycles. The maximum Gasteiger partial charge on any atom is 0.158 e. The number of thiophene rings is 1. The second-order valence-corrected chi connectivity index (χ2v) is 7.95. The molecule has 0 bridgehead atoms. The van der Waals surface area contributed by atoms with Crippen LogP contribution in [0.2, 0.25) is 0 Å². The van der Waals surface area contributed by atoms with Gasteiger partial charge in [0.1, 0.15) is 17.0 Å². The molecule has 1 unspecified atom stereocenters. The second-order valence-electron chi connectivity index (χ2n) is 6.95. The van der Waals surface area contributed by atoms with Crippen molar-refractivity contribution in [2.24, 2.45) is 10.2 Å². The van der Waals surface area contributed by atoms with Gasteiger partial charge in [0.05, 0.1) is 24.0 Å². The number of azo groups is 1. The molecule has 162 valence electrons. The number of hydrogen-bond donors (Lipinski definition) is 1. The summed E-state index contributed by atoms with van der Waals surface area (Å²) in [5.74, 6) is 0. The van der Waals surface area contributed by atoms with Gasteiger partial charge < -0.3 is 14.7 Å². The Morgan fingerprint density at radius 1 is 1.29 bits per heavy atom. The van der Waals surface area contributed by atoms with Crippen LogP contribution >= 0.6 is 11.3 Å². The monoisotopic (exact) mass is 437 g/mol. The van der Waals surface area contributed by atoms with E-state index in [1.807, 2.05) is 25.1 Å². The molecule has 0 aliphatic rings. The zero-order valence-electron chi connectivity index (χ0n) is 18.1. The first kappa shape index (κ1) is 24.2. The van der Waals surface area contributed by atoms with Crippen LogP contribution in [0.4, 0.5) is 16.4 Å². The van der Waals surface area contributed by atoms with Gasteiger partial charge in [-0.25, -0.2) is 0 Å². The molecule has 1 aromatic carbocycles. The molecule has 0 radical (unpaired) electrons.